The van der Waals surface area contributed by atoms with E-state index < -0.39 is 0 Å². The summed E-state index contributed by atoms with van der Waals surface area (Å²) >= 11 is 0. The quantitative estimate of drug-likeness (QED) is 0.670. The number of hydrogen-bond donors (Lipinski definition) is 0. The molecular weight excluding hydrogens is 202 g/mol. The number of carbonyl (C=O) groups is 2. The highest BCUT2D eigenvalue weighted by Gasteiger charge is 2.62. The summed E-state index contributed by atoms with van der Waals surface area (Å²) in [6.07, 6.45) is 2.76. The lowest BCUT2D eigenvalue weighted by Gasteiger charge is -2.26. The van der Waals surface area contributed by atoms with Crippen LogP contribution in [0.1, 0.15) is 26.2 Å². The number of fused-ring (bicyclic) bond motifs is 1. The fourth-order valence-electron chi connectivity index (χ4n) is 4.49. The molecular formula is C13H15NO2. The minimum Gasteiger partial charge on any atom is -0.300 e. The molecule has 0 saturated heterocycles. The minimum atomic E-state index is -0.144. The van der Waals surface area contributed by atoms with E-state index in [-0.39, 0.29) is 35.4 Å². The molecule has 3 nitrogen and oxygen atoms in total. The van der Waals surface area contributed by atoms with Gasteiger partial charge in [-0.3, -0.25) is 9.59 Å². The van der Waals surface area contributed by atoms with Crippen LogP contribution >= 0.6 is 0 Å². The van der Waals surface area contributed by atoms with Gasteiger partial charge in [0.05, 0.1) is 12.0 Å². The molecule has 3 fully saturated rings. The molecule has 0 N–H and O–H groups in total. The van der Waals surface area contributed by atoms with Gasteiger partial charge in [-0.15, -0.1) is 0 Å². The molecule has 3 heteroatoms. The Bertz CT molecular complexity index is 409. The molecule has 0 aromatic heterocycles. The monoisotopic (exact) mass is 217 g/mol. The Balaban J connectivity index is 2.06. The number of carbonyl (C=O) groups excluding carboxylic acids is 2. The van der Waals surface area contributed by atoms with Crippen LogP contribution in [0, 0.1) is 46.8 Å². The first kappa shape index (κ1) is 10.0. The lowest BCUT2D eigenvalue weighted by molar-refractivity contribution is -0.131. The Morgan fingerprint density at radius 2 is 2.19 bits per heavy atom. The highest BCUT2D eigenvalue weighted by molar-refractivity contribution is 5.95. The fourth-order valence-corrected chi connectivity index (χ4v) is 4.49. The Labute approximate surface area is 94.8 Å². The second-order valence-corrected chi connectivity index (χ2v) is 5.56. The number of nitrogens with zero attached hydrogens (tertiary/aromatic N) is 1. The van der Waals surface area contributed by atoms with Crippen LogP contribution in [0.25, 0.3) is 0 Å². The molecule has 84 valence electrons. The summed E-state index contributed by atoms with van der Waals surface area (Å²) in [7, 11) is 0. The average Bonchev–Trinajstić information content (AvgIpc) is 2.64. The van der Waals surface area contributed by atoms with Crippen molar-refractivity contribution in [2.75, 3.05) is 0 Å². The summed E-state index contributed by atoms with van der Waals surface area (Å²) in [5.41, 5.74) is 0. The van der Waals surface area contributed by atoms with Crippen LogP contribution < -0.4 is 0 Å². The second-order valence-electron chi connectivity index (χ2n) is 5.56. The Kier molecular flexibility index (Phi) is 1.98. The molecule has 0 aromatic rings. The molecule has 0 spiro atoms. The number of nitriles is 1. The summed E-state index contributed by atoms with van der Waals surface area (Å²) in [6.45, 7) is 1.58. The van der Waals surface area contributed by atoms with Gasteiger partial charge in [0, 0.05) is 17.8 Å². The lowest BCUT2D eigenvalue weighted by atomic mass is 9.76. The Morgan fingerprint density at radius 1 is 1.44 bits per heavy atom. The van der Waals surface area contributed by atoms with Crippen LogP contribution in [0.5, 0.6) is 0 Å². The Hall–Kier alpha value is -1.17. The van der Waals surface area contributed by atoms with E-state index in [1.54, 1.807) is 6.92 Å². The number of rotatable bonds is 1. The van der Waals surface area contributed by atoms with Gasteiger partial charge in [-0.25, -0.2) is 0 Å². The molecule has 16 heavy (non-hydrogen) atoms. The maximum absolute atomic E-state index is 12.2. The predicted octanol–water partition coefficient (Wildman–Crippen LogP) is 1.58. The highest BCUT2D eigenvalue weighted by Crippen LogP contribution is 2.59. The standard InChI is InChI=1S/C13H15NO2/c1-6(15)10-9-3-2-7-4-8(5-14)11(10)12(7)13(9)16/h7-12H,2-4H2,1H3/t7?,8-,9-,10+,11+,12-/m0/s1. The topological polar surface area (TPSA) is 57.9 Å². The number of ketones is 2. The normalized spacial score (nSPS) is 49.1. The first-order valence-electron chi connectivity index (χ1n) is 6.09. The van der Waals surface area contributed by atoms with E-state index in [1.807, 2.05) is 0 Å². The van der Waals surface area contributed by atoms with Gasteiger partial charge in [0.25, 0.3) is 0 Å². The van der Waals surface area contributed by atoms with Crippen LogP contribution in [-0.4, -0.2) is 11.6 Å². The average molecular weight is 217 g/mol. The SMILES string of the molecule is CC(=O)[C@H]1[C@H]2[C@H](C#N)CC3CC[C@@H]1C(=O)[C@@H]32. The molecule has 1 unspecified atom stereocenters. The second kappa shape index (κ2) is 3.16. The molecule has 6 atom stereocenters. The van der Waals surface area contributed by atoms with Gasteiger partial charge in [0.2, 0.25) is 0 Å². The number of hydrogen-bond acceptors (Lipinski definition) is 3. The first-order valence-corrected chi connectivity index (χ1v) is 6.09. The van der Waals surface area contributed by atoms with E-state index in [4.69, 9.17) is 5.26 Å². The summed E-state index contributed by atoms with van der Waals surface area (Å²) < 4.78 is 0. The van der Waals surface area contributed by atoms with Crippen molar-refractivity contribution < 1.29 is 9.59 Å². The van der Waals surface area contributed by atoms with Crippen LogP contribution in [0.3, 0.4) is 0 Å². The molecule has 0 heterocycles. The van der Waals surface area contributed by atoms with E-state index in [2.05, 4.69) is 6.07 Å². The van der Waals surface area contributed by atoms with Gasteiger partial charge in [0.1, 0.15) is 11.6 Å². The van der Waals surface area contributed by atoms with Gasteiger partial charge < -0.3 is 0 Å². The van der Waals surface area contributed by atoms with Crippen molar-refractivity contribution in [3.05, 3.63) is 0 Å². The molecule has 0 amide bonds. The Morgan fingerprint density at radius 3 is 2.81 bits per heavy atom. The fraction of sp³-hybridized carbons (Fsp3) is 0.769. The van der Waals surface area contributed by atoms with E-state index in [1.165, 1.54) is 0 Å². The minimum absolute atomic E-state index is 0.0392. The third-order valence-electron chi connectivity index (χ3n) is 4.97. The van der Waals surface area contributed by atoms with Crippen molar-refractivity contribution in [1.82, 2.24) is 0 Å². The third-order valence-corrected chi connectivity index (χ3v) is 4.97. The van der Waals surface area contributed by atoms with E-state index in [0.717, 1.165) is 19.3 Å². The zero-order valence-corrected chi connectivity index (χ0v) is 9.35. The van der Waals surface area contributed by atoms with Crippen molar-refractivity contribution in [3.8, 4) is 6.07 Å². The molecule has 3 saturated carbocycles. The molecule has 2 bridgehead atoms. The zero-order valence-electron chi connectivity index (χ0n) is 9.35. The van der Waals surface area contributed by atoms with Gasteiger partial charge in [-0.2, -0.15) is 5.26 Å². The zero-order chi connectivity index (χ0) is 11.4. The largest absolute Gasteiger partial charge is 0.300 e. The van der Waals surface area contributed by atoms with Crippen molar-refractivity contribution in [1.29, 1.82) is 5.26 Å². The van der Waals surface area contributed by atoms with Crippen molar-refractivity contribution in [3.63, 3.8) is 0 Å². The summed E-state index contributed by atoms with van der Waals surface area (Å²) in [5, 5.41) is 9.15. The van der Waals surface area contributed by atoms with E-state index in [0.29, 0.717) is 11.7 Å². The smallest absolute Gasteiger partial charge is 0.140 e. The lowest BCUT2D eigenvalue weighted by Crippen LogP contribution is -2.30. The number of Topliss-reactive ketones (excluding diaryl/α,β-unsaturated/α-hetero) is 2. The van der Waals surface area contributed by atoms with Crippen molar-refractivity contribution in [2.24, 2.45) is 35.5 Å². The summed E-state index contributed by atoms with van der Waals surface area (Å²) in [6, 6.07) is 2.32. The van der Waals surface area contributed by atoms with Crippen molar-refractivity contribution >= 4 is 11.6 Å². The van der Waals surface area contributed by atoms with Crippen LogP contribution in [0.4, 0.5) is 0 Å². The van der Waals surface area contributed by atoms with Gasteiger partial charge in [-0.05, 0) is 38.0 Å². The molecule has 3 rings (SSSR count). The van der Waals surface area contributed by atoms with E-state index >= 15 is 0 Å². The summed E-state index contributed by atoms with van der Waals surface area (Å²) in [5.74, 6) is 0.632. The predicted molar refractivity (Wildman–Crippen MR) is 56.1 cm³/mol. The van der Waals surface area contributed by atoms with Gasteiger partial charge in [0.15, 0.2) is 0 Å². The van der Waals surface area contributed by atoms with Crippen LogP contribution in [0.2, 0.25) is 0 Å². The maximum Gasteiger partial charge on any atom is 0.140 e. The van der Waals surface area contributed by atoms with E-state index in [9.17, 15) is 9.59 Å². The van der Waals surface area contributed by atoms with Gasteiger partial charge in [-0.1, -0.05) is 0 Å². The third kappa shape index (κ3) is 1.03. The molecule has 0 radical (unpaired) electrons. The maximum atomic E-state index is 12.2. The highest BCUT2D eigenvalue weighted by atomic mass is 16.1. The molecule has 3 aliphatic rings. The first-order chi connectivity index (χ1) is 7.65. The van der Waals surface area contributed by atoms with Gasteiger partial charge >= 0.3 is 0 Å². The van der Waals surface area contributed by atoms with Crippen LogP contribution in [-0.2, 0) is 9.59 Å². The molecule has 0 aliphatic heterocycles. The molecule has 0 aromatic carbocycles. The summed E-state index contributed by atoms with van der Waals surface area (Å²) in [4.78, 5) is 23.9. The molecule has 3 aliphatic carbocycles. The van der Waals surface area contributed by atoms with Crippen LogP contribution in [0.15, 0.2) is 0 Å². The van der Waals surface area contributed by atoms with Crippen molar-refractivity contribution in [2.45, 2.75) is 26.2 Å².